The Labute approximate surface area is 170 Å². The third kappa shape index (κ3) is 3.66. The molecule has 1 fully saturated rings. The van der Waals surface area contributed by atoms with Gasteiger partial charge in [-0.2, -0.15) is 5.26 Å². The topological polar surface area (TPSA) is 98.6 Å². The lowest BCUT2D eigenvalue weighted by atomic mass is 9.96. The number of aromatic amines is 1. The molecule has 1 aliphatic rings. The smallest absolute Gasteiger partial charge is 0.252 e. The van der Waals surface area contributed by atoms with Crippen LogP contribution in [0.5, 0.6) is 0 Å². The van der Waals surface area contributed by atoms with Crippen LogP contribution in [-0.4, -0.2) is 15.9 Å². The summed E-state index contributed by atoms with van der Waals surface area (Å²) in [6.07, 6.45) is 2.63. The number of carbonyl (C=O) groups excluding carboxylic acids is 1. The van der Waals surface area contributed by atoms with E-state index in [2.05, 4.69) is 15.3 Å². The zero-order valence-corrected chi connectivity index (χ0v) is 16.1. The van der Waals surface area contributed by atoms with E-state index in [9.17, 15) is 18.4 Å². The van der Waals surface area contributed by atoms with Crippen molar-refractivity contribution in [2.24, 2.45) is 0 Å². The number of nitriles is 1. The fourth-order valence-corrected chi connectivity index (χ4v) is 3.72. The number of carbonyl (C=O) groups is 1. The maximum Gasteiger partial charge on any atom is 0.252 e. The Morgan fingerprint density at radius 2 is 2.13 bits per heavy atom. The number of fused-ring (bicyclic) bond motifs is 1. The number of benzene rings is 1. The van der Waals surface area contributed by atoms with Crippen molar-refractivity contribution in [2.45, 2.75) is 38.1 Å². The van der Waals surface area contributed by atoms with E-state index >= 15 is 0 Å². The van der Waals surface area contributed by atoms with Gasteiger partial charge in [-0.3, -0.25) is 14.6 Å². The summed E-state index contributed by atoms with van der Waals surface area (Å²) in [4.78, 5) is 31.9. The first-order chi connectivity index (χ1) is 14.4. The molecule has 0 spiro atoms. The van der Waals surface area contributed by atoms with Crippen molar-refractivity contribution in [1.82, 2.24) is 15.3 Å². The van der Waals surface area contributed by atoms with Crippen molar-refractivity contribution in [2.75, 3.05) is 0 Å². The number of halogens is 2. The van der Waals surface area contributed by atoms with Gasteiger partial charge in [-0.25, -0.2) is 8.78 Å². The average Bonchev–Trinajstić information content (AvgIpc) is 3.53. The molecule has 0 bridgehead atoms. The standard InChI is InChI=1S/C22H18F2N4O2/c1-11(21-16(24)7-12(9-25)10-26-21)27-18(29)8-14-19(13-5-6-13)20-15(23)3-2-4-17(20)28-22(14)30/h2-4,7,10-11,13H,5-6,8H2,1H3,(H,27,29)(H,28,30)/t11-/m1/s1. The van der Waals surface area contributed by atoms with Gasteiger partial charge in [0, 0.05) is 17.1 Å². The lowest BCUT2D eigenvalue weighted by Crippen LogP contribution is -2.31. The second-order valence-electron chi connectivity index (χ2n) is 7.45. The Morgan fingerprint density at radius 3 is 2.80 bits per heavy atom. The molecule has 0 saturated heterocycles. The number of pyridine rings is 2. The average molecular weight is 408 g/mol. The highest BCUT2D eigenvalue weighted by Gasteiger charge is 2.31. The van der Waals surface area contributed by atoms with Crippen molar-refractivity contribution in [3.05, 3.63) is 74.8 Å². The molecule has 0 radical (unpaired) electrons. The first kappa shape index (κ1) is 19.7. The van der Waals surface area contributed by atoms with Crippen LogP contribution in [-0.2, 0) is 11.2 Å². The van der Waals surface area contributed by atoms with Crippen LogP contribution in [0.25, 0.3) is 10.9 Å². The first-order valence-corrected chi connectivity index (χ1v) is 9.57. The Bertz CT molecular complexity index is 1260. The minimum Gasteiger partial charge on any atom is -0.348 e. The van der Waals surface area contributed by atoms with Crippen molar-refractivity contribution >= 4 is 16.8 Å². The summed E-state index contributed by atoms with van der Waals surface area (Å²) in [6.45, 7) is 1.56. The van der Waals surface area contributed by atoms with Crippen LogP contribution < -0.4 is 10.9 Å². The molecule has 2 aromatic heterocycles. The number of aromatic nitrogens is 2. The number of H-pyrrole nitrogens is 1. The SMILES string of the molecule is C[C@@H](NC(=O)Cc1c(C2CC2)c2c(F)cccc2[nH]c1=O)c1ncc(C#N)cc1F. The Morgan fingerprint density at radius 1 is 1.37 bits per heavy atom. The third-order valence-electron chi connectivity index (χ3n) is 5.24. The molecule has 1 atom stereocenters. The van der Waals surface area contributed by atoms with E-state index in [1.165, 1.54) is 18.3 Å². The summed E-state index contributed by atoms with van der Waals surface area (Å²) in [6, 6.07) is 6.57. The monoisotopic (exact) mass is 408 g/mol. The molecule has 152 valence electrons. The van der Waals surface area contributed by atoms with Gasteiger partial charge in [0.15, 0.2) is 0 Å². The molecule has 2 N–H and O–H groups in total. The number of hydrogen-bond acceptors (Lipinski definition) is 4. The lowest BCUT2D eigenvalue weighted by Gasteiger charge is -2.16. The maximum absolute atomic E-state index is 14.5. The third-order valence-corrected chi connectivity index (χ3v) is 5.24. The van der Waals surface area contributed by atoms with Gasteiger partial charge in [0.25, 0.3) is 5.56 Å². The van der Waals surface area contributed by atoms with Crippen molar-refractivity contribution in [1.29, 1.82) is 5.26 Å². The van der Waals surface area contributed by atoms with Crippen LogP contribution in [0.4, 0.5) is 8.78 Å². The van der Waals surface area contributed by atoms with Crippen LogP contribution in [0.15, 0.2) is 35.3 Å². The molecule has 0 aliphatic heterocycles. The molecular formula is C22H18F2N4O2. The van der Waals surface area contributed by atoms with Crippen LogP contribution in [0, 0.1) is 23.0 Å². The van der Waals surface area contributed by atoms with Crippen LogP contribution in [0.3, 0.4) is 0 Å². The van der Waals surface area contributed by atoms with Gasteiger partial charge in [0.05, 0.1) is 29.2 Å². The first-order valence-electron chi connectivity index (χ1n) is 9.57. The Hall–Kier alpha value is -3.60. The number of hydrogen-bond donors (Lipinski definition) is 2. The van der Waals surface area contributed by atoms with E-state index in [1.807, 2.05) is 0 Å². The number of nitrogens with zero attached hydrogens (tertiary/aromatic N) is 2. The molecule has 0 unspecified atom stereocenters. The summed E-state index contributed by atoms with van der Waals surface area (Å²) in [5.74, 6) is -1.60. The van der Waals surface area contributed by atoms with Gasteiger partial charge >= 0.3 is 0 Å². The fourth-order valence-electron chi connectivity index (χ4n) is 3.72. The van der Waals surface area contributed by atoms with Gasteiger partial charge in [-0.15, -0.1) is 0 Å². The lowest BCUT2D eigenvalue weighted by molar-refractivity contribution is -0.121. The van der Waals surface area contributed by atoms with Crippen molar-refractivity contribution < 1.29 is 13.6 Å². The summed E-state index contributed by atoms with van der Waals surface area (Å²) in [5, 5.41) is 11.8. The van der Waals surface area contributed by atoms with Crippen molar-refractivity contribution in [3.63, 3.8) is 0 Å². The molecule has 8 heteroatoms. The number of rotatable bonds is 5. The second-order valence-corrected chi connectivity index (χ2v) is 7.45. The molecular weight excluding hydrogens is 390 g/mol. The Balaban J connectivity index is 1.63. The van der Waals surface area contributed by atoms with Crippen molar-refractivity contribution in [3.8, 4) is 6.07 Å². The molecule has 2 heterocycles. The molecule has 3 aromatic rings. The van der Waals surface area contributed by atoms with E-state index in [1.54, 1.807) is 19.1 Å². The largest absolute Gasteiger partial charge is 0.348 e. The predicted molar refractivity (Wildman–Crippen MR) is 106 cm³/mol. The summed E-state index contributed by atoms with van der Waals surface area (Å²) < 4.78 is 28.7. The molecule has 30 heavy (non-hydrogen) atoms. The van der Waals surface area contributed by atoms with Crippen LogP contribution >= 0.6 is 0 Å². The highest BCUT2D eigenvalue weighted by Crippen LogP contribution is 2.44. The highest BCUT2D eigenvalue weighted by molar-refractivity contribution is 5.87. The molecule has 1 aromatic carbocycles. The predicted octanol–water partition coefficient (Wildman–Crippen LogP) is 3.37. The molecule has 1 saturated carbocycles. The number of nitrogens with one attached hydrogen (secondary N) is 2. The Kier molecular flexibility index (Phi) is 5.04. The number of amides is 1. The zero-order valence-electron chi connectivity index (χ0n) is 16.1. The van der Waals surface area contributed by atoms with E-state index in [-0.39, 0.29) is 29.2 Å². The van der Waals surface area contributed by atoms with Gasteiger partial charge in [-0.1, -0.05) is 6.07 Å². The van der Waals surface area contributed by atoms with E-state index in [4.69, 9.17) is 5.26 Å². The van der Waals surface area contributed by atoms with E-state index < -0.39 is 29.1 Å². The molecule has 1 aliphatic carbocycles. The van der Waals surface area contributed by atoms with Crippen LogP contribution in [0.2, 0.25) is 0 Å². The quantitative estimate of drug-likeness (QED) is 0.676. The van der Waals surface area contributed by atoms with Gasteiger partial charge in [0.1, 0.15) is 17.7 Å². The highest BCUT2D eigenvalue weighted by atomic mass is 19.1. The normalized spacial score (nSPS) is 14.3. The van der Waals surface area contributed by atoms with Gasteiger partial charge < -0.3 is 10.3 Å². The minimum atomic E-state index is -0.772. The minimum absolute atomic E-state index is 0.0109. The summed E-state index contributed by atoms with van der Waals surface area (Å²) in [5.41, 5.74) is 0.853. The second kappa shape index (κ2) is 7.67. The summed E-state index contributed by atoms with van der Waals surface area (Å²) in [7, 11) is 0. The summed E-state index contributed by atoms with van der Waals surface area (Å²) >= 11 is 0. The van der Waals surface area contributed by atoms with E-state index in [0.29, 0.717) is 16.5 Å². The van der Waals surface area contributed by atoms with Gasteiger partial charge in [-0.05, 0) is 49.4 Å². The molecule has 6 nitrogen and oxygen atoms in total. The molecule has 4 rings (SSSR count). The molecule has 1 amide bonds. The van der Waals surface area contributed by atoms with Crippen LogP contribution in [0.1, 0.15) is 54.1 Å². The van der Waals surface area contributed by atoms with E-state index in [0.717, 1.165) is 18.9 Å². The van der Waals surface area contributed by atoms with Gasteiger partial charge in [0.2, 0.25) is 5.91 Å². The maximum atomic E-state index is 14.5. The fraction of sp³-hybridized carbons (Fsp3) is 0.273. The zero-order chi connectivity index (χ0) is 21.4.